The average Bonchev–Trinajstić information content (AvgIpc) is 2.67. The standard InChI is InChI=1S/C20H22Cl2N2O5S/c1-12-10-24(11-13(2)29-12)30(26,27)19-8-14(4-6-16(19)21)20(25)23-15-5-7-18(28-3)17(22)9-15/h4-9,12-13H,10-11H2,1-3H3,(H,23,25)/t12-,13+. The number of ether oxygens (including phenoxy) is 2. The number of anilines is 1. The van der Waals surface area contributed by atoms with E-state index in [1.807, 2.05) is 13.8 Å². The molecule has 1 amide bonds. The molecular weight excluding hydrogens is 451 g/mol. The van der Waals surface area contributed by atoms with Crippen LogP contribution in [0, 0.1) is 0 Å². The SMILES string of the molecule is COc1ccc(NC(=O)c2ccc(Cl)c(S(=O)(=O)N3C[C@@H](C)O[C@@H](C)C3)c2)cc1Cl. The quantitative estimate of drug-likeness (QED) is 0.709. The van der Waals surface area contributed by atoms with Gasteiger partial charge in [-0.25, -0.2) is 8.42 Å². The molecule has 2 aromatic carbocycles. The molecule has 0 unspecified atom stereocenters. The maximum Gasteiger partial charge on any atom is 0.255 e. The van der Waals surface area contributed by atoms with E-state index in [-0.39, 0.29) is 40.8 Å². The Morgan fingerprint density at radius 3 is 2.37 bits per heavy atom. The fraction of sp³-hybridized carbons (Fsp3) is 0.350. The zero-order chi connectivity index (χ0) is 22.1. The summed E-state index contributed by atoms with van der Waals surface area (Å²) in [5.74, 6) is -0.0171. The summed E-state index contributed by atoms with van der Waals surface area (Å²) in [5.41, 5.74) is 0.597. The number of amides is 1. The van der Waals surface area contributed by atoms with Gasteiger partial charge < -0.3 is 14.8 Å². The summed E-state index contributed by atoms with van der Waals surface area (Å²) in [4.78, 5) is 12.6. The van der Waals surface area contributed by atoms with Crippen LogP contribution in [0.3, 0.4) is 0 Å². The third-order valence-corrected chi connectivity index (χ3v) is 7.22. The van der Waals surface area contributed by atoms with Crippen molar-refractivity contribution in [2.75, 3.05) is 25.5 Å². The number of benzene rings is 2. The van der Waals surface area contributed by atoms with Crippen molar-refractivity contribution in [3.8, 4) is 5.75 Å². The van der Waals surface area contributed by atoms with Crippen molar-refractivity contribution in [2.24, 2.45) is 0 Å². The molecule has 1 heterocycles. The summed E-state index contributed by atoms with van der Waals surface area (Å²) in [6.45, 7) is 4.04. The Hall–Kier alpha value is -1.84. The van der Waals surface area contributed by atoms with Gasteiger partial charge >= 0.3 is 0 Å². The monoisotopic (exact) mass is 472 g/mol. The van der Waals surface area contributed by atoms with Crippen molar-refractivity contribution in [1.29, 1.82) is 0 Å². The van der Waals surface area contributed by atoms with Gasteiger partial charge in [0, 0.05) is 24.3 Å². The number of hydrogen-bond acceptors (Lipinski definition) is 5. The second-order valence-corrected chi connectivity index (χ2v) is 9.75. The predicted molar refractivity (Wildman–Crippen MR) is 116 cm³/mol. The zero-order valence-electron chi connectivity index (χ0n) is 16.7. The Morgan fingerprint density at radius 1 is 1.10 bits per heavy atom. The van der Waals surface area contributed by atoms with Gasteiger partial charge in [-0.05, 0) is 50.2 Å². The van der Waals surface area contributed by atoms with Crippen LogP contribution in [0.15, 0.2) is 41.3 Å². The molecule has 30 heavy (non-hydrogen) atoms. The van der Waals surface area contributed by atoms with Crippen LogP contribution in [-0.2, 0) is 14.8 Å². The van der Waals surface area contributed by atoms with Gasteiger partial charge in [0.1, 0.15) is 10.6 Å². The van der Waals surface area contributed by atoms with Gasteiger partial charge in [-0.15, -0.1) is 0 Å². The van der Waals surface area contributed by atoms with Crippen molar-refractivity contribution in [3.05, 3.63) is 52.0 Å². The topological polar surface area (TPSA) is 84.9 Å². The van der Waals surface area contributed by atoms with E-state index in [0.717, 1.165) is 0 Å². The molecule has 1 fully saturated rings. The average molecular weight is 473 g/mol. The molecule has 3 rings (SSSR count). The van der Waals surface area contributed by atoms with Gasteiger partial charge in [0.25, 0.3) is 5.91 Å². The first-order valence-electron chi connectivity index (χ1n) is 9.22. The van der Waals surface area contributed by atoms with Crippen molar-refractivity contribution in [3.63, 3.8) is 0 Å². The van der Waals surface area contributed by atoms with Crippen molar-refractivity contribution >= 4 is 44.8 Å². The zero-order valence-corrected chi connectivity index (χ0v) is 19.0. The summed E-state index contributed by atoms with van der Waals surface area (Å²) in [5, 5.41) is 3.08. The molecule has 162 valence electrons. The van der Waals surface area contributed by atoms with Crippen molar-refractivity contribution < 1.29 is 22.7 Å². The fourth-order valence-corrected chi connectivity index (χ4v) is 5.60. The normalized spacial score (nSPS) is 20.0. The van der Waals surface area contributed by atoms with Gasteiger partial charge in [0.2, 0.25) is 10.0 Å². The highest BCUT2D eigenvalue weighted by molar-refractivity contribution is 7.89. The molecule has 7 nitrogen and oxygen atoms in total. The lowest BCUT2D eigenvalue weighted by molar-refractivity contribution is -0.0440. The molecule has 1 aliphatic rings. The summed E-state index contributed by atoms with van der Waals surface area (Å²) in [6.07, 6.45) is -0.484. The molecule has 2 atom stereocenters. The van der Waals surface area contributed by atoms with E-state index in [9.17, 15) is 13.2 Å². The minimum absolute atomic E-state index is 0.0471. The molecule has 0 aliphatic carbocycles. The number of nitrogens with zero attached hydrogens (tertiary/aromatic N) is 1. The number of carbonyl (C=O) groups is 1. The number of rotatable bonds is 5. The highest BCUT2D eigenvalue weighted by Gasteiger charge is 2.33. The van der Waals surface area contributed by atoms with E-state index in [4.69, 9.17) is 32.7 Å². The largest absolute Gasteiger partial charge is 0.495 e. The van der Waals surface area contributed by atoms with E-state index in [1.54, 1.807) is 18.2 Å². The molecule has 1 N–H and O–H groups in total. The molecule has 0 aromatic heterocycles. The first kappa shape index (κ1) is 22.8. The molecular formula is C20H22Cl2N2O5S. The minimum Gasteiger partial charge on any atom is -0.495 e. The Morgan fingerprint density at radius 2 is 1.77 bits per heavy atom. The van der Waals surface area contributed by atoms with E-state index >= 15 is 0 Å². The van der Waals surface area contributed by atoms with Crippen LogP contribution in [0.1, 0.15) is 24.2 Å². The Bertz CT molecular complexity index is 1050. The second-order valence-electron chi connectivity index (χ2n) is 7.03. The van der Waals surface area contributed by atoms with Crippen LogP contribution in [0.2, 0.25) is 10.0 Å². The molecule has 0 spiro atoms. The highest BCUT2D eigenvalue weighted by Crippen LogP contribution is 2.30. The fourth-order valence-electron chi connectivity index (χ4n) is 3.26. The number of nitrogens with one attached hydrogen (secondary N) is 1. The molecule has 1 aliphatic heterocycles. The minimum atomic E-state index is -3.90. The van der Waals surface area contributed by atoms with Crippen LogP contribution in [-0.4, -0.2) is 51.0 Å². The van der Waals surface area contributed by atoms with Crippen LogP contribution in [0.5, 0.6) is 5.75 Å². The summed E-state index contributed by atoms with van der Waals surface area (Å²) in [6, 6.07) is 8.94. The molecule has 10 heteroatoms. The molecule has 0 radical (unpaired) electrons. The number of sulfonamides is 1. The Labute approximate surface area is 185 Å². The summed E-state index contributed by atoms with van der Waals surface area (Å²) < 4.78 is 38.4. The maximum atomic E-state index is 13.2. The number of methoxy groups -OCH3 is 1. The predicted octanol–water partition coefficient (Wildman–Crippen LogP) is 4.05. The van der Waals surface area contributed by atoms with Gasteiger partial charge in [0.05, 0.1) is 29.4 Å². The second kappa shape index (κ2) is 9.11. The van der Waals surface area contributed by atoms with Gasteiger partial charge in [-0.3, -0.25) is 4.79 Å². The summed E-state index contributed by atoms with van der Waals surface area (Å²) in [7, 11) is -2.41. The lowest BCUT2D eigenvalue weighted by Crippen LogP contribution is -2.48. The van der Waals surface area contributed by atoms with Crippen molar-refractivity contribution in [1.82, 2.24) is 4.31 Å². The number of hydrogen-bond donors (Lipinski definition) is 1. The molecule has 1 saturated heterocycles. The highest BCUT2D eigenvalue weighted by atomic mass is 35.5. The van der Waals surface area contributed by atoms with E-state index in [1.165, 1.54) is 29.6 Å². The lowest BCUT2D eigenvalue weighted by Gasteiger charge is -2.34. The number of carbonyl (C=O) groups excluding carboxylic acids is 1. The van der Waals surface area contributed by atoms with E-state index < -0.39 is 15.9 Å². The summed E-state index contributed by atoms with van der Waals surface area (Å²) >= 11 is 12.3. The van der Waals surface area contributed by atoms with Gasteiger partial charge in [-0.1, -0.05) is 23.2 Å². The van der Waals surface area contributed by atoms with Crippen LogP contribution in [0.4, 0.5) is 5.69 Å². The van der Waals surface area contributed by atoms with Crippen LogP contribution < -0.4 is 10.1 Å². The van der Waals surface area contributed by atoms with Crippen LogP contribution in [0.25, 0.3) is 0 Å². The third kappa shape index (κ3) is 4.90. The third-order valence-electron chi connectivity index (χ3n) is 4.61. The van der Waals surface area contributed by atoms with Crippen molar-refractivity contribution in [2.45, 2.75) is 31.0 Å². The smallest absolute Gasteiger partial charge is 0.255 e. The van der Waals surface area contributed by atoms with Gasteiger partial charge in [-0.2, -0.15) is 4.31 Å². The van der Waals surface area contributed by atoms with E-state index in [2.05, 4.69) is 5.32 Å². The Balaban J connectivity index is 1.87. The molecule has 0 bridgehead atoms. The lowest BCUT2D eigenvalue weighted by atomic mass is 10.2. The Kier molecular flexibility index (Phi) is 6.94. The van der Waals surface area contributed by atoms with Gasteiger partial charge in [0.15, 0.2) is 0 Å². The molecule has 0 saturated carbocycles. The van der Waals surface area contributed by atoms with Crippen LogP contribution >= 0.6 is 23.2 Å². The number of halogens is 2. The number of morpholine rings is 1. The molecule has 2 aromatic rings. The maximum absolute atomic E-state index is 13.2. The van der Waals surface area contributed by atoms with E-state index in [0.29, 0.717) is 16.5 Å². The first-order valence-corrected chi connectivity index (χ1v) is 11.4. The first-order chi connectivity index (χ1) is 14.1.